The molecule has 0 spiro atoms. The molecule has 1 aromatic rings. The summed E-state index contributed by atoms with van der Waals surface area (Å²) in [4.78, 5) is 22.5. The maximum absolute atomic E-state index is 12.0. The van der Waals surface area contributed by atoms with Gasteiger partial charge in [-0.1, -0.05) is 6.07 Å². The van der Waals surface area contributed by atoms with Crippen LogP contribution in [0.2, 0.25) is 0 Å². The molecule has 0 fully saturated rings. The summed E-state index contributed by atoms with van der Waals surface area (Å²) in [5.74, 6) is -1.85. The van der Waals surface area contributed by atoms with Crippen molar-refractivity contribution >= 4 is 21.9 Å². The van der Waals surface area contributed by atoms with Crippen molar-refractivity contribution in [1.82, 2.24) is 10.0 Å². The highest BCUT2D eigenvalue weighted by Gasteiger charge is 2.18. The Labute approximate surface area is 128 Å². The number of sulfonamides is 1. The molecule has 1 rings (SSSR count). The van der Waals surface area contributed by atoms with Crippen LogP contribution in [0.1, 0.15) is 17.3 Å². The number of ether oxygens (including phenoxy) is 1. The number of methoxy groups -OCH3 is 1. The van der Waals surface area contributed by atoms with Crippen LogP contribution < -0.4 is 10.0 Å². The lowest BCUT2D eigenvalue weighted by atomic mass is 10.2. The maximum atomic E-state index is 12.0. The van der Waals surface area contributed by atoms with Gasteiger partial charge in [-0.2, -0.15) is 0 Å². The first-order valence-electron chi connectivity index (χ1n) is 6.40. The SMILES string of the molecule is COCCNS(=O)(=O)c1cccc(C(=O)N[C@@H](C)C(=O)O)c1. The van der Waals surface area contributed by atoms with Crippen LogP contribution in [0.3, 0.4) is 0 Å². The largest absolute Gasteiger partial charge is 0.480 e. The van der Waals surface area contributed by atoms with E-state index in [1.54, 1.807) is 0 Å². The zero-order chi connectivity index (χ0) is 16.8. The van der Waals surface area contributed by atoms with E-state index in [0.717, 1.165) is 0 Å². The van der Waals surface area contributed by atoms with Gasteiger partial charge in [-0.05, 0) is 25.1 Å². The first-order valence-corrected chi connectivity index (χ1v) is 7.88. The number of rotatable bonds is 8. The highest BCUT2D eigenvalue weighted by Crippen LogP contribution is 2.11. The molecular formula is C13H18N2O6S. The van der Waals surface area contributed by atoms with Crippen molar-refractivity contribution in [3.8, 4) is 0 Å². The van der Waals surface area contributed by atoms with Crippen LogP contribution in [0.25, 0.3) is 0 Å². The first kappa shape index (κ1) is 18.1. The van der Waals surface area contributed by atoms with E-state index in [0.29, 0.717) is 0 Å². The van der Waals surface area contributed by atoms with Gasteiger partial charge in [-0.15, -0.1) is 0 Å². The van der Waals surface area contributed by atoms with E-state index in [4.69, 9.17) is 9.84 Å². The van der Waals surface area contributed by atoms with E-state index < -0.39 is 27.9 Å². The molecule has 0 saturated carbocycles. The minimum Gasteiger partial charge on any atom is -0.480 e. The van der Waals surface area contributed by atoms with Crippen LogP contribution in [-0.4, -0.2) is 51.7 Å². The Bertz CT molecular complexity index is 644. The number of carbonyl (C=O) groups is 2. The number of carboxylic acids is 1. The predicted octanol–water partition coefficient (Wildman–Crippen LogP) is -0.186. The van der Waals surface area contributed by atoms with Gasteiger partial charge in [0.15, 0.2) is 0 Å². The molecule has 0 aliphatic carbocycles. The fourth-order valence-electron chi connectivity index (χ4n) is 1.51. The third kappa shape index (κ3) is 5.10. The summed E-state index contributed by atoms with van der Waals surface area (Å²) >= 11 is 0. The quantitative estimate of drug-likeness (QED) is 0.568. The molecule has 0 bridgehead atoms. The number of carbonyl (C=O) groups excluding carboxylic acids is 1. The monoisotopic (exact) mass is 330 g/mol. The Kier molecular flexibility index (Phi) is 6.47. The van der Waals surface area contributed by atoms with Crippen molar-refractivity contribution in [3.63, 3.8) is 0 Å². The van der Waals surface area contributed by atoms with Crippen molar-refractivity contribution in [3.05, 3.63) is 29.8 Å². The molecule has 0 heterocycles. The minimum atomic E-state index is -3.76. The van der Waals surface area contributed by atoms with E-state index >= 15 is 0 Å². The van der Waals surface area contributed by atoms with Crippen LogP contribution in [-0.2, 0) is 19.6 Å². The number of benzene rings is 1. The van der Waals surface area contributed by atoms with Crippen LogP contribution in [0.5, 0.6) is 0 Å². The molecule has 1 amide bonds. The fourth-order valence-corrected chi connectivity index (χ4v) is 2.57. The molecule has 0 unspecified atom stereocenters. The molecule has 0 aromatic heterocycles. The normalized spacial score (nSPS) is 12.6. The molecule has 22 heavy (non-hydrogen) atoms. The second-order valence-electron chi connectivity index (χ2n) is 4.45. The van der Waals surface area contributed by atoms with Gasteiger partial charge in [-0.3, -0.25) is 9.59 Å². The zero-order valence-corrected chi connectivity index (χ0v) is 13.0. The standard InChI is InChI=1S/C13H18N2O6S/c1-9(13(17)18)15-12(16)10-4-3-5-11(8-10)22(19,20)14-6-7-21-2/h3-5,8-9,14H,6-7H2,1-2H3,(H,15,16)(H,17,18)/t9-/m0/s1. The van der Waals surface area contributed by atoms with Crippen LogP contribution in [0.4, 0.5) is 0 Å². The first-order chi connectivity index (χ1) is 10.3. The van der Waals surface area contributed by atoms with E-state index in [1.165, 1.54) is 38.3 Å². The van der Waals surface area contributed by atoms with Crippen molar-refractivity contribution in [1.29, 1.82) is 0 Å². The Morgan fingerprint density at radius 1 is 1.36 bits per heavy atom. The molecule has 9 heteroatoms. The van der Waals surface area contributed by atoms with E-state index in [1.807, 2.05) is 0 Å². The minimum absolute atomic E-state index is 0.0581. The second kappa shape index (κ2) is 7.87. The summed E-state index contributed by atoms with van der Waals surface area (Å²) < 4.78 is 31.1. The Morgan fingerprint density at radius 2 is 2.05 bits per heavy atom. The fraction of sp³-hybridized carbons (Fsp3) is 0.385. The maximum Gasteiger partial charge on any atom is 0.325 e. The molecule has 0 aliphatic heterocycles. The van der Waals surface area contributed by atoms with Gasteiger partial charge in [0, 0.05) is 19.2 Å². The molecule has 122 valence electrons. The molecule has 0 radical (unpaired) electrons. The Hall–Kier alpha value is -1.97. The average molecular weight is 330 g/mol. The van der Waals surface area contributed by atoms with Crippen molar-refractivity contribution in [2.24, 2.45) is 0 Å². The van der Waals surface area contributed by atoms with Gasteiger partial charge < -0.3 is 15.2 Å². The lowest BCUT2D eigenvalue weighted by Crippen LogP contribution is -2.38. The number of carboxylic acid groups (broad SMARTS) is 1. The molecule has 0 saturated heterocycles. The van der Waals surface area contributed by atoms with E-state index in [2.05, 4.69) is 10.0 Å². The summed E-state index contributed by atoms with van der Waals surface area (Å²) in [5, 5.41) is 11.0. The topological polar surface area (TPSA) is 122 Å². The van der Waals surface area contributed by atoms with Crippen molar-refractivity contribution in [2.75, 3.05) is 20.3 Å². The predicted molar refractivity (Wildman–Crippen MR) is 78.1 cm³/mol. The number of nitrogens with one attached hydrogen (secondary N) is 2. The van der Waals surface area contributed by atoms with Crippen molar-refractivity contribution < 1.29 is 27.9 Å². The number of aliphatic carboxylic acids is 1. The average Bonchev–Trinajstić information content (AvgIpc) is 2.47. The number of hydrogen-bond donors (Lipinski definition) is 3. The van der Waals surface area contributed by atoms with Crippen LogP contribution >= 0.6 is 0 Å². The van der Waals surface area contributed by atoms with Gasteiger partial charge >= 0.3 is 5.97 Å². The third-order valence-electron chi connectivity index (χ3n) is 2.72. The molecule has 3 N–H and O–H groups in total. The van der Waals surface area contributed by atoms with Crippen LogP contribution in [0, 0.1) is 0 Å². The Balaban J connectivity index is 2.89. The summed E-state index contributed by atoms with van der Waals surface area (Å²) in [5.41, 5.74) is 0.0581. The lowest BCUT2D eigenvalue weighted by Gasteiger charge is -2.11. The summed E-state index contributed by atoms with van der Waals surface area (Å²) in [6, 6.07) is 4.25. The molecule has 0 aliphatic rings. The molecular weight excluding hydrogens is 312 g/mol. The van der Waals surface area contributed by atoms with E-state index in [-0.39, 0.29) is 23.6 Å². The van der Waals surface area contributed by atoms with Crippen LogP contribution in [0.15, 0.2) is 29.2 Å². The summed E-state index contributed by atoms with van der Waals surface area (Å²) in [7, 11) is -2.31. The summed E-state index contributed by atoms with van der Waals surface area (Å²) in [6.07, 6.45) is 0. The zero-order valence-electron chi connectivity index (χ0n) is 12.2. The summed E-state index contributed by atoms with van der Waals surface area (Å²) in [6.45, 7) is 1.63. The second-order valence-corrected chi connectivity index (χ2v) is 6.22. The number of hydrogen-bond acceptors (Lipinski definition) is 5. The third-order valence-corrected chi connectivity index (χ3v) is 4.18. The van der Waals surface area contributed by atoms with Gasteiger partial charge in [0.2, 0.25) is 10.0 Å². The van der Waals surface area contributed by atoms with Crippen molar-refractivity contribution in [2.45, 2.75) is 17.9 Å². The van der Waals surface area contributed by atoms with Gasteiger partial charge in [-0.25, -0.2) is 13.1 Å². The van der Waals surface area contributed by atoms with Gasteiger partial charge in [0.05, 0.1) is 11.5 Å². The molecule has 1 atom stereocenters. The number of amides is 1. The highest BCUT2D eigenvalue weighted by atomic mass is 32.2. The smallest absolute Gasteiger partial charge is 0.325 e. The van der Waals surface area contributed by atoms with Gasteiger partial charge in [0.1, 0.15) is 6.04 Å². The molecule has 8 nitrogen and oxygen atoms in total. The highest BCUT2D eigenvalue weighted by molar-refractivity contribution is 7.89. The Morgan fingerprint density at radius 3 is 2.64 bits per heavy atom. The molecule has 1 aromatic carbocycles. The van der Waals surface area contributed by atoms with Gasteiger partial charge in [0.25, 0.3) is 5.91 Å². The lowest BCUT2D eigenvalue weighted by molar-refractivity contribution is -0.138. The van der Waals surface area contributed by atoms with E-state index in [9.17, 15) is 18.0 Å².